The number of hydrogen-bond donors (Lipinski definition) is 0. The third kappa shape index (κ3) is 8.34. The minimum absolute atomic E-state index is 0.0138. The van der Waals surface area contributed by atoms with Gasteiger partial charge in [-0.2, -0.15) is 4.39 Å². The van der Waals surface area contributed by atoms with Crippen LogP contribution >= 0.6 is 0 Å². The van der Waals surface area contributed by atoms with Crippen molar-refractivity contribution in [3.05, 3.63) is 47.5 Å². The van der Waals surface area contributed by atoms with Crippen LogP contribution in [0.15, 0.2) is 30.3 Å². The van der Waals surface area contributed by atoms with Gasteiger partial charge in [-0.3, -0.25) is 0 Å². The molecule has 2 rings (SSSR count). The second-order valence-electron chi connectivity index (χ2n) is 8.26. The van der Waals surface area contributed by atoms with Gasteiger partial charge in [0.1, 0.15) is 5.75 Å². The summed E-state index contributed by atoms with van der Waals surface area (Å²) in [7, 11) is 0. The fraction of sp³-hybridized carbons (Fsp3) is 0.519. The lowest BCUT2D eigenvalue weighted by molar-refractivity contribution is -0.254. The molecule has 0 bridgehead atoms. The molecule has 6 heteroatoms. The number of hydrogen-bond acceptors (Lipinski definition) is 4. The first-order valence-electron chi connectivity index (χ1n) is 12.1. The Labute approximate surface area is 195 Å². The highest BCUT2D eigenvalue weighted by molar-refractivity contribution is 5.95. The van der Waals surface area contributed by atoms with Crippen LogP contribution in [-0.2, 0) is 0 Å². The smallest absolute Gasteiger partial charge is 0.201 e. The molecule has 0 atom stereocenters. The van der Waals surface area contributed by atoms with E-state index in [0.29, 0.717) is 19.0 Å². The molecule has 0 unspecified atom stereocenters. The zero-order valence-electron chi connectivity index (χ0n) is 19.8. The highest BCUT2D eigenvalue weighted by Gasteiger charge is 2.19. The Balaban J connectivity index is 2.11. The fourth-order valence-corrected chi connectivity index (χ4v) is 3.65. The average molecular weight is 462 g/mol. The molecule has 0 N–H and O–H groups in total. The van der Waals surface area contributed by atoms with Crippen LogP contribution in [0.5, 0.6) is 11.5 Å². The van der Waals surface area contributed by atoms with Crippen molar-refractivity contribution in [3.63, 3.8) is 0 Å². The lowest BCUT2D eigenvalue weighted by Crippen LogP contribution is -2.23. The lowest BCUT2D eigenvalue weighted by atomic mass is 9.98. The van der Waals surface area contributed by atoms with E-state index in [1.54, 1.807) is 0 Å². The Morgan fingerprint density at radius 3 is 2.03 bits per heavy atom. The van der Waals surface area contributed by atoms with Crippen molar-refractivity contribution >= 4 is 5.97 Å². The summed E-state index contributed by atoms with van der Waals surface area (Å²) in [6.07, 6.45) is 10.5. The maximum absolute atomic E-state index is 14.9. The molecule has 0 saturated heterocycles. The van der Waals surface area contributed by atoms with Gasteiger partial charge in [0.05, 0.1) is 19.2 Å². The number of unbranched alkanes of at least 4 members (excludes halogenated alkanes) is 8. The zero-order valence-corrected chi connectivity index (χ0v) is 19.8. The summed E-state index contributed by atoms with van der Waals surface area (Å²) in [5.74, 6) is -3.53. The largest absolute Gasteiger partial charge is 0.545 e. The van der Waals surface area contributed by atoms with Crippen molar-refractivity contribution < 1.29 is 28.2 Å². The molecule has 2 aromatic carbocycles. The highest BCUT2D eigenvalue weighted by atomic mass is 19.2. The summed E-state index contributed by atoms with van der Waals surface area (Å²) < 4.78 is 40.7. The number of rotatable bonds is 16. The van der Waals surface area contributed by atoms with Crippen molar-refractivity contribution in [2.75, 3.05) is 13.2 Å². The quantitative estimate of drug-likeness (QED) is 0.261. The summed E-state index contributed by atoms with van der Waals surface area (Å²) in [4.78, 5) is 11.6. The van der Waals surface area contributed by atoms with E-state index in [4.69, 9.17) is 9.47 Å². The second-order valence-corrected chi connectivity index (χ2v) is 8.26. The van der Waals surface area contributed by atoms with Gasteiger partial charge < -0.3 is 19.4 Å². The topological polar surface area (TPSA) is 58.6 Å². The van der Waals surface area contributed by atoms with Gasteiger partial charge >= 0.3 is 0 Å². The average Bonchev–Trinajstić information content (AvgIpc) is 2.81. The van der Waals surface area contributed by atoms with E-state index >= 15 is 0 Å². The summed E-state index contributed by atoms with van der Waals surface area (Å²) >= 11 is 0. The Hall–Kier alpha value is -2.63. The molecule has 182 valence electrons. The summed E-state index contributed by atoms with van der Waals surface area (Å²) in [6.45, 7) is 5.03. The van der Waals surface area contributed by atoms with Gasteiger partial charge in [-0.05, 0) is 48.7 Å². The summed E-state index contributed by atoms with van der Waals surface area (Å²) in [5, 5.41) is 11.6. The van der Waals surface area contributed by atoms with Gasteiger partial charge in [0.25, 0.3) is 0 Å². The number of aromatic carboxylic acids is 1. The first kappa shape index (κ1) is 26.6. The van der Waals surface area contributed by atoms with Crippen LogP contribution in [0, 0.1) is 11.6 Å². The van der Waals surface area contributed by atoms with E-state index in [0.717, 1.165) is 51.4 Å². The van der Waals surface area contributed by atoms with Crippen LogP contribution < -0.4 is 14.6 Å². The highest BCUT2D eigenvalue weighted by Crippen LogP contribution is 2.34. The van der Waals surface area contributed by atoms with Crippen molar-refractivity contribution in [1.29, 1.82) is 0 Å². The Morgan fingerprint density at radius 2 is 1.36 bits per heavy atom. The maximum Gasteiger partial charge on any atom is 0.201 e. The van der Waals surface area contributed by atoms with E-state index in [-0.39, 0.29) is 22.4 Å². The molecule has 0 aliphatic carbocycles. The Kier molecular flexibility index (Phi) is 11.7. The number of benzene rings is 2. The van der Waals surface area contributed by atoms with Crippen LogP contribution in [-0.4, -0.2) is 19.2 Å². The maximum atomic E-state index is 14.9. The third-order valence-electron chi connectivity index (χ3n) is 5.57. The molecule has 0 amide bonds. The first-order valence-corrected chi connectivity index (χ1v) is 12.1. The van der Waals surface area contributed by atoms with Gasteiger partial charge in [-0.1, -0.05) is 65.2 Å². The molecule has 0 radical (unpaired) electrons. The van der Waals surface area contributed by atoms with Gasteiger partial charge in [-0.15, -0.1) is 0 Å². The van der Waals surface area contributed by atoms with Crippen LogP contribution in [0.2, 0.25) is 0 Å². The summed E-state index contributed by atoms with van der Waals surface area (Å²) in [6, 6.07) is 6.89. The minimum atomic E-state index is -1.47. The van der Waals surface area contributed by atoms with E-state index < -0.39 is 17.6 Å². The normalized spacial score (nSPS) is 10.9. The molecule has 0 aromatic heterocycles. The van der Waals surface area contributed by atoms with E-state index in [2.05, 4.69) is 13.8 Å². The molecule has 33 heavy (non-hydrogen) atoms. The van der Waals surface area contributed by atoms with E-state index in [1.165, 1.54) is 43.2 Å². The number of carboxylic acid groups (broad SMARTS) is 1. The van der Waals surface area contributed by atoms with Gasteiger partial charge in [0.2, 0.25) is 5.82 Å². The van der Waals surface area contributed by atoms with Gasteiger partial charge in [0.15, 0.2) is 11.6 Å². The van der Waals surface area contributed by atoms with Crippen molar-refractivity contribution in [2.24, 2.45) is 0 Å². The van der Waals surface area contributed by atoms with Crippen molar-refractivity contribution in [3.8, 4) is 22.6 Å². The zero-order chi connectivity index (χ0) is 24.1. The number of ether oxygens (including phenoxy) is 2. The molecular formula is C27H35F2O4-. The molecule has 0 saturated carbocycles. The van der Waals surface area contributed by atoms with Gasteiger partial charge in [0, 0.05) is 11.1 Å². The number of carbonyl (C=O) groups excluding carboxylic acids is 1. The predicted molar refractivity (Wildman–Crippen MR) is 125 cm³/mol. The van der Waals surface area contributed by atoms with Crippen LogP contribution in [0.1, 0.15) is 88.4 Å². The molecule has 0 fully saturated rings. The van der Waals surface area contributed by atoms with E-state index in [9.17, 15) is 18.7 Å². The molecule has 2 aromatic rings. The second kappa shape index (κ2) is 14.5. The molecule has 4 nitrogen and oxygen atoms in total. The van der Waals surface area contributed by atoms with Crippen molar-refractivity contribution in [1.82, 2.24) is 0 Å². The van der Waals surface area contributed by atoms with Crippen LogP contribution in [0.4, 0.5) is 8.78 Å². The summed E-state index contributed by atoms with van der Waals surface area (Å²) in [5.41, 5.74) is -0.387. The Morgan fingerprint density at radius 1 is 0.758 bits per heavy atom. The van der Waals surface area contributed by atoms with Crippen LogP contribution in [0.25, 0.3) is 11.1 Å². The standard InChI is InChI=1S/C27H36F2O4/c1-3-5-7-9-10-12-18-33-24-16-15-21(25(28)26(24)29)23-19-20(13-14-22(23)27(30)31)32-17-11-8-6-4-2/h13-16,19H,3-12,17-18H2,1-2H3,(H,30,31)/p-1. The predicted octanol–water partition coefficient (Wildman–Crippen LogP) is 6.69. The van der Waals surface area contributed by atoms with Gasteiger partial charge in [-0.25, -0.2) is 4.39 Å². The minimum Gasteiger partial charge on any atom is -0.545 e. The first-order chi connectivity index (χ1) is 16.0. The number of halogens is 2. The molecule has 0 aliphatic rings. The van der Waals surface area contributed by atoms with E-state index in [1.807, 2.05) is 0 Å². The molecular weight excluding hydrogens is 426 g/mol. The molecule has 0 aliphatic heterocycles. The Bertz CT molecular complexity index is 883. The fourth-order valence-electron chi connectivity index (χ4n) is 3.65. The van der Waals surface area contributed by atoms with Crippen LogP contribution in [0.3, 0.4) is 0 Å². The monoisotopic (exact) mass is 461 g/mol. The van der Waals surface area contributed by atoms with Crippen molar-refractivity contribution in [2.45, 2.75) is 78.1 Å². The third-order valence-corrected chi connectivity index (χ3v) is 5.57. The molecule has 0 heterocycles. The lowest BCUT2D eigenvalue weighted by Gasteiger charge is -2.16. The number of carbonyl (C=O) groups is 1. The number of carboxylic acids is 1. The SMILES string of the molecule is CCCCCCCCOc1ccc(-c2cc(OCCCCCC)ccc2C(=O)[O-])c(F)c1F. The molecule has 0 spiro atoms.